The zero-order valence-corrected chi connectivity index (χ0v) is 16.8. The van der Waals surface area contributed by atoms with Gasteiger partial charge in [0.25, 0.3) is 0 Å². The lowest BCUT2D eigenvalue weighted by atomic mass is 10.1. The maximum Gasteiger partial charge on any atom is 0.184 e. The van der Waals surface area contributed by atoms with Gasteiger partial charge in [-0.25, -0.2) is 4.40 Å². The van der Waals surface area contributed by atoms with Crippen LogP contribution < -0.4 is 0 Å². The third-order valence-electron chi connectivity index (χ3n) is 5.00. The molecule has 0 bridgehead atoms. The minimum Gasteiger partial charge on any atom is -0.488 e. The molecule has 1 unspecified atom stereocenters. The predicted molar refractivity (Wildman–Crippen MR) is 109 cm³/mol. The molecule has 0 N–H and O–H groups in total. The smallest absolute Gasteiger partial charge is 0.184 e. The van der Waals surface area contributed by atoms with Crippen LogP contribution in [0.5, 0.6) is 0 Å². The number of likely N-dealkylation sites (N-methyl/N-ethyl adjacent to an activating group) is 1. The molecular formula is C20H28N4O2S. The Balaban J connectivity index is 1.41. The first-order chi connectivity index (χ1) is 13.3. The molecule has 146 valence electrons. The van der Waals surface area contributed by atoms with Crippen LogP contribution in [0.1, 0.15) is 18.4 Å². The molecule has 27 heavy (non-hydrogen) atoms. The highest BCUT2D eigenvalue weighted by Gasteiger charge is 2.28. The molecule has 1 aromatic rings. The highest BCUT2D eigenvalue weighted by atomic mass is 32.2. The van der Waals surface area contributed by atoms with Gasteiger partial charge in [-0.3, -0.25) is 0 Å². The van der Waals surface area contributed by atoms with Gasteiger partial charge >= 0.3 is 0 Å². The molecule has 0 amide bonds. The number of hydrogen-bond acceptors (Lipinski definition) is 6. The van der Waals surface area contributed by atoms with Crippen molar-refractivity contribution in [1.82, 2.24) is 9.80 Å². The fourth-order valence-electron chi connectivity index (χ4n) is 3.39. The average Bonchev–Trinajstić information content (AvgIpc) is 2.72. The maximum atomic E-state index is 5.98. The van der Waals surface area contributed by atoms with Crippen LogP contribution in [0.4, 0.5) is 0 Å². The second kappa shape index (κ2) is 8.99. The molecule has 0 aromatic heterocycles. The molecule has 1 aromatic carbocycles. The Morgan fingerprint density at radius 3 is 2.78 bits per heavy atom. The quantitative estimate of drug-likeness (QED) is 0.703. The molecule has 2 fully saturated rings. The van der Waals surface area contributed by atoms with E-state index in [1.54, 1.807) is 0 Å². The lowest BCUT2D eigenvalue weighted by Gasteiger charge is -2.36. The zero-order valence-electron chi connectivity index (χ0n) is 16.0. The van der Waals surface area contributed by atoms with Crippen molar-refractivity contribution in [3.05, 3.63) is 47.5 Å². The van der Waals surface area contributed by atoms with E-state index in [1.165, 1.54) is 5.56 Å². The average molecular weight is 389 g/mol. The summed E-state index contributed by atoms with van der Waals surface area (Å²) in [5.41, 5.74) is 2.31. The fraction of sp³-hybridized carbons (Fsp3) is 0.550. The van der Waals surface area contributed by atoms with Crippen molar-refractivity contribution in [2.75, 3.05) is 52.2 Å². The van der Waals surface area contributed by atoms with Crippen LogP contribution in [-0.4, -0.2) is 67.7 Å². The number of nitrogens with zero attached hydrogens (tertiary/aromatic N) is 4. The molecular weight excluding hydrogens is 360 g/mol. The van der Waals surface area contributed by atoms with Gasteiger partial charge in [0, 0.05) is 42.8 Å². The van der Waals surface area contributed by atoms with Crippen molar-refractivity contribution in [2.45, 2.75) is 19.4 Å². The Morgan fingerprint density at radius 2 is 1.96 bits per heavy atom. The normalized spacial score (nSPS) is 23.4. The molecule has 7 heteroatoms. The summed E-state index contributed by atoms with van der Waals surface area (Å²) in [5.74, 6) is 2.79. The second-order valence-corrected chi connectivity index (χ2v) is 8.56. The van der Waals surface area contributed by atoms with Crippen molar-refractivity contribution in [3.8, 4) is 0 Å². The summed E-state index contributed by atoms with van der Waals surface area (Å²) in [7, 11) is 1.81. The lowest BCUT2D eigenvalue weighted by molar-refractivity contribution is 0.136. The van der Waals surface area contributed by atoms with E-state index in [9.17, 15) is 0 Å². The molecule has 0 radical (unpaired) electrons. The Hall–Kier alpha value is -1.70. The Morgan fingerprint density at radius 1 is 1.15 bits per heavy atom. The Kier molecular flexibility index (Phi) is 6.21. The van der Waals surface area contributed by atoms with Gasteiger partial charge in [-0.2, -0.15) is 4.36 Å². The molecule has 0 spiro atoms. The van der Waals surface area contributed by atoms with Crippen LogP contribution in [-0.2, 0) is 27.0 Å². The summed E-state index contributed by atoms with van der Waals surface area (Å²) in [5, 5.41) is 0. The van der Waals surface area contributed by atoms with Crippen molar-refractivity contribution >= 4 is 16.6 Å². The van der Waals surface area contributed by atoms with Gasteiger partial charge < -0.3 is 19.3 Å². The van der Waals surface area contributed by atoms with Crippen LogP contribution in [0.25, 0.3) is 0 Å². The number of hydrogen-bond donors (Lipinski definition) is 0. The summed E-state index contributed by atoms with van der Waals surface area (Å²) in [6, 6.07) is 10.3. The first kappa shape index (κ1) is 18.7. The van der Waals surface area contributed by atoms with Crippen LogP contribution in [0, 0.1) is 0 Å². The van der Waals surface area contributed by atoms with Crippen molar-refractivity contribution in [3.63, 3.8) is 0 Å². The molecule has 6 nitrogen and oxygen atoms in total. The lowest BCUT2D eigenvalue weighted by Crippen LogP contribution is -2.44. The van der Waals surface area contributed by atoms with Gasteiger partial charge in [-0.1, -0.05) is 30.3 Å². The van der Waals surface area contributed by atoms with E-state index in [0.29, 0.717) is 13.2 Å². The Labute approximate surface area is 164 Å². The number of allylic oxidation sites excluding steroid dienone is 1. The van der Waals surface area contributed by atoms with E-state index in [1.807, 2.05) is 18.2 Å². The van der Waals surface area contributed by atoms with Gasteiger partial charge in [-0.05, 0) is 25.5 Å². The summed E-state index contributed by atoms with van der Waals surface area (Å²) in [6.45, 7) is 6.21. The zero-order chi connectivity index (χ0) is 18.5. The highest BCUT2D eigenvalue weighted by Crippen LogP contribution is 2.27. The Bertz CT molecular complexity index is 740. The monoisotopic (exact) mass is 388 g/mol. The number of fused-ring (bicyclic) bond motifs is 1. The van der Waals surface area contributed by atoms with Crippen molar-refractivity contribution < 1.29 is 9.47 Å². The minimum atomic E-state index is -0.367. The third-order valence-corrected chi connectivity index (χ3v) is 6.35. The van der Waals surface area contributed by atoms with Crippen molar-refractivity contribution in [2.24, 2.45) is 8.76 Å². The van der Waals surface area contributed by atoms with E-state index >= 15 is 0 Å². The fourth-order valence-corrected chi connectivity index (χ4v) is 4.71. The van der Waals surface area contributed by atoms with E-state index in [4.69, 9.17) is 18.2 Å². The topological polar surface area (TPSA) is 49.7 Å². The van der Waals surface area contributed by atoms with Crippen LogP contribution >= 0.6 is 0 Å². The standard InChI is InChI=1S/C20H28N4O2S/c1-23-9-11-24(12-10-23)20-19-18(8-5-13-26-19)21-27(22-20)15-14-25-16-17-6-3-2-4-7-17/h2-4,6-7H,5,8-16H2,1H3. The second-order valence-electron chi connectivity index (χ2n) is 7.11. The van der Waals surface area contributed by atoms with Crippen LogP contribution in [0.15, 0.2) is 50.7 Å². The molecule has 3 heterocycles. The van der Waals surface area contributed by atoms with Crippen LogP contribution in [0.2, 0.25) is 0 Å². The first-order valence-corrected chi connectivity index (χ1v) is 11.0. The summed E-state index contributed by atoms with van der Waals surface area (Å²) in [4.78, 5) is 4.73. The minimum absolute atomic E-state index is 0.367. The SMILES string of the molecule is CN1CCN(C2=C3OCCCC3=NS(CCOCc3ccccc3)=N2)CC1. The van der Waals surface area contributed by atoms with E-state index in [2.05, 4.69) is 29.0 Å². The van der Waals surface area contributed by atoms with E-state index < -0.39 is 0 Å². The molecule has 0 aliphatic carbocycles. The van der Waals surface area contributed by atoms with Gasteiger partial charge in [-0.15, -0.1) is 0 Å². The molecule has 0 saturated carbocycles. The molecule has 3 aliphatic heterocycles. The third kappa shape index (κ3) is 4.78. The highest BCUT2D eigenvalue weighted by molar-refractivity contribution is 7.86. The number of rotatable bonds is 6. The van der Waals surface area contributed by atoms with Gasteiger partial charge in [0.1, 0.15) is 0 Å². The molecule has 1 atom stereocenters. The predicted octanol–water partition coefficient (Wildman–Crippen LogP) is 2.60. The summed E-state index contributed by atoms with van der Waals surface area (Å²) in [6.07, 6.45) is 2.04. The summed E-state index contributed by atoms with van der Waals surface area (Å²) < 4.78 is 21.7. The maximum absolute atomic E-state index is 5.98. The molecule has 2 saturated heterocycles. The molecule has 4 rings (SSSR count). The van der Waals surface area contributed by atoms with Gasteiger partial charge in [0.05, 0.1) is 25.5 Å². The van der Waals surface area contributed by atoms with Gasteiger partial charge in [0.2, 0.25) is 0 Å². The first-order valence-electron chi connectivity index (χ1n) is 9.72. The number of benzene rings is 1. The summed E-state index contributed by atoms with van der Waals surface area (Å²) >= 11 is 0. The number of ether oxygens (including phenoxy) is 2. The molecule has 3 aliphatic rings. The van der Waals surface area contributed by atoms with Gasteiger partial charge in [0.15, 0.2) is 11.6 Å². The van der Waals surface area contributed by atoms with Crippen molar-refractivity contribution in [1.29, 1.82) is 0 Å². The van der Waals surface area contributed by atoms with E-state index in [-0.39, 0.29) is 10.9 Å². The number of piperazine rings is 1. The van der Waals surface area contributed by atoms with Crippen LogP contribution in [0.3, 0.4) is 0 Å². The largest absolute Gasteiger partial charge is 0.488 e. The van der Waals surface area contributed by atoms with E-state index in [0.717, 1.165) is 68.7 Å².